The molecular weight excluding hydrogens is 250 g/mol. The van der Waals surface area contributed by atoms with Crippen LogP contribution in [0.1, 0.15) is 25.3 Å². The van der Waals surface area contributed by atoms with Gasteiger partial charge in [0, 0.05) is 13.1 Å². The predicted octanol–water partition coefficient (Wildman–Crippen LogP) is 0.960. The molecule has 0 atom stereocenters. The normalized spacial score (nSPS) is 20.2. The third-order valence-electron chi connectivity index (χ3n) is 3.72. The molecule has 4 nitrogen and oxygen atoms in total. The number of aliphatic hydroxyl groups is 1. The summed E-state index contributed by atoms with van der Waals surface area (Å²) < 4.78 is 22.0. The van der Waals surface area contributed by atoms with Gasteiger partial charge in [-0.05, 0) is 37.1 Å². The van der Waals surface area contributed by atoms with Crippen molar-refractivity contribution in [2.45, 2.75) is 30.3 Å². The minimum absolute atomic E-state index is 0.272. The second kappa shape index (κ2) is 5.38. The zero-order valence-corrected chi connectivity index (χ0v) is 11.4. The lowest BCUT2D eigenvalue weighted by atomic mass is 9.84. The van der Waals surface area contributed by atoms with Gasteiger partial charge in [0.1, 0.15) is 0 Å². The molecule has 0 saturated carbocycles. The molecule has 0 radical (unpaired) electrons. The Hall–Kier alpha value is -0.910. The van der Waals surface area contributed by atoms with Gasteiger partial charge in [-0.3, -0.25) is 0 Å². The summed E-state index contributed by atoms with van der Waals surface area (Å²) in [4.78, 5) is 2.56. The standard InChI is InChI=1S/C13H19NO3S/c1-2-14-8-6-13(15,7-9-14)11-4-3-5-12(10-11)18(16)17/h3-5,10,15,18H,2,6-9H2,1H3. The first-order valence-electron chi connectivity index (χ1n) is 6.25. The van der Waals surface area contributed by atoms with Crippen molar-refractivity contribution < 1.29 is 13.5 Å². The van der Waals surface area contributed by atoms with Crippen molar-refractivity contribution in [3.05, 3.63) is 29.8 Å². The Balaban J connectivity index is 2.23. The van der Waals surface area contributed by atoms with Gasteiger partial charge in [-0.25, -0.2) is 8.42 Å². The van der Waals surface area contributed by atoms with E-state index in [9.17, 15) is 13.5 Å². The average Bonchev–Trinajstić information content (AvgIpc) is 2.40. The largest absolute Gasteiger partial charge is 0.385 e. The Morgan fingerprint density at radius 3 is 2.56 bits per heavy atom. The Morgan fingerprint density at radius 2 is 2.00 bits per heavy atom. The van der Waals surface area contributed by atoms with E-state index in [1.807, 2.05) is 6.07 Å². The number of rotatable bonds is 3. The van der Waals surface area contributed by atoms with E-state index in [0.717, 1.165) is 25.2 Å². The van der Waals surface area contributed by atoms with Gasteiger partial charge in [0.2, 0.25) is 0 Å². The van der Waals surface area contributed by atoms with Crippen molar-refractivity contribution in [2.24, 2.45) is 0 Å². The molecule has 18 heavy (non-hydrogen) atoms. The zero-order chi connectivity index (χ0) is 13.2. The van der Waals surface area contributed by atoms with E-state index < -0.39 is 16.3 Å². The van der Waals surface area contributed by atoms with Crippen LogP contribution in [0.3, 0.4) is 0 Å². The highest BCUT2D eigenvalue weighted by atomic mass is 32.2. The van der Waals surface area contributed by atoms with Gasteiger partial charge in [-0.2, -0.15) is 0 Å². The summed E-state index contributed by atoms with van der Waals surface area (Å²) in [7, 11) is -2.59. The monoisotopic (exact) mass is 269 g/mol. The lowest BCUT2D eigenvalue weighted by Crippen LogP contribution is -2.42. The van der Waals surface area contributed by atoms with Gasteiger partial charge in [0.25, 0.3) is 0 Å². The van der Waals surface area contributed by atoms with E-state index in [0.29, 0.717) is 12.8 Å². The molecule has 0 aliphatic carbocycles. The smallest absolute Gasteiger partial charge is 0.168 e. The van der Waals surface area contributed by atoms with Crippen molar-refractivity contribution >= 4 is 10.7 Å². The van der Waals surface area contributed by atoms with Crippen LogP contribution in [0.2, 0.25) is 0 Å². The van der Waals surface area contributed by atoms with Crippen LogP contribution >= 0.6 is 0 Å². The van der Waals surface area contributed by atoms with E-state index >= 15 is 0 Å². The number of hydrogen-bond donors (Lipinski definition) is 2. The van der Waals surface area contributed by atoms with E-state index in [-0.39, 0.29) is 4.90 Å². The van der Waals surface area contributed by atoms with E-state index in [1.165, 1.54) is 0 Å². The lowest BCUT2D eigenvalue weighted by molar-refractivity contribution is -0.0248. The predicted molar refractivity (Wildman–Crippen MR) is 70.3 cm³/mol. The molecular formula is C13H19NO3S. The van der Waals surface area contributed by atoms with Gasteiger partial charge in [0.05, 0.1) is 10.5 Å². The third kappa shape index (κ3) is 2.74. The van der Waals surface area contributed by atoms with E-state index in [1.54, 1.807) is 18.2 Å². The Bertz CT molecular complexity index is 483. The molecule has 1 N–H and O–H groups in total. The minimum Gasteiger partial charge on any atom is -0.385 e. The van der Waals surface area contributed by atoms with Crippen LogP contribution in [0, 0.1) is 0 Å². The maximum atomic E-state index is 11.0. The summed E-state index contributed by atoms with van der Waals surface area (Å²) in [6, 6.07) is 6.65. The van der Waals surface area contributed by atoms with Crippen LogP contribution < -0.4 is 0 Å². The topological polar surface area (TPSA) is 57.6 Å². The first kappa shape index (κ1) is 13.5. The van der Waals surface area contributed by atoms with Crippen molar-refractivity contribution in [3.8, 4) is 0 Å². The summed E-state index contributed by atoms with van der Waals surface area (Å²) in [5.74, 6) is 0. The van der Waals surface area contributed by atoms with Gasteiger partial charge in [0.15, 0.2) is 10.7 Å². The lowest BCUT2D eigenvalue weighted by Gasteiger charge is -2.38. The molecule has 1 heterocycles. The van der Waals surface area contributed by atoms with Gasteiger partial charge < -0.3 is 10.0 Å². The molecule has 0 spiro atoms. The fourth-order valence-corrected chi connectivity index (χ4v) is 2.89. The van der Waals surface area contributed by atoms with Crippen molar-refractivity contribution in [1.82, 2.24) is 4.90 Å². The SMILES string of the molecule is CCN1CCC(O)(c2cccc([SH](=O)=O)c2)CC1. The highest BCUT2D eigenvalue weighted by molar-refractivity contribution is 7.72. The summed E-state index contributed by atoms with van der Waals surface area (Å²) >= 11 is 0. The molecule has 1 aromatic carbocycles. The van der Waals surface area contributed by atoms with Crippen molar-refractivity contribution in [3.63, 3.8) is 0 Å². The minimum atomic E-state index is -2.59. The maximum absolute atomic E-state index is 11.0. The van der Waals surface area contributed by atoms with Crippen LogP contribution in [0.15, 0.2) is 29.2 Å². The maximum Gasteiger partial charge on any atom is 0.168 e. The quantitative estimate of drug-likeness (QED) is 0.803. The fraction of sp³-hybridized carbons (Fsp3) is 0.538. The summed E-state index contributed by atoms with van der Waals surface area (Å²) in [5, 5.41) is 10.6. The Morgan fingerprint density at radius 1 is 1.33 bits per heavy atom. The zero-order valence-electron chi connectivity index (χ0n) is 10.5. The van der Waals surface area contributed by atoms with E-state index in [2.05, 4.69) is 11.8 Å². The molecule has 1 aliphatic heterocycles. The third-order valence-corrected chi connectivity index (χ3v) is 4.42. The first-order chi connectivity index (χ1) is 8.55. The molecule has 1 aliphatic rings. The second-order valence-electron chi connectivity index (χ2n) is 4.77. The second-order valence-corrected chi connectivity index (χ2v) is 5.80. The molecule has 1 fully saturated rings. The van der Waals surface area contributed by atoms with Crippen molar-refractivity contribution in [2.75, 3.05) is 19.6 Å². The number of nitrogens with zero attached hydrogens (tertiary/aromatic N) is 1. The molecule has 100 valence electrons. The van der Waals surface area contributed by atoms with Crippen LogP contribution in [0.25, 0.3) is 0 Å². The van der Waals surface area contributed by atoms with E-state index in [4.69, 9.17) is 0 Å². The first-order valence-corrected chi connectivity index (χ1v) is 7.42. The number of thiol groups is 1. The van der Waals surface area contributed by atoms with Gasteiger partial charge in [-0.15, -0.1) is 0 Å². The van der Waals surface area contributed by atoms with Crippen LogP contribution in [0.5, 0.6) is 0 Å². The highest BCUT2D eigenvalue weighted by Crippen LogP contribution is 2.33. The molecule has 1 aromatic rings. The van der Waals surface area contributed by atoms with Crippen LogP contribution in [0.4, 0.5) is 0 Å². The fourth-order valence-electron chi connectivity index (χ4n) is 2.44. The van der Waals surface area contributed by atoms with Gasteiger partial charge >= 0.3 is 0 Å². The Kier molecular flexibility index (Phi) is 4.04. The van der Waals surface area contributed by atoms with Crippen LogP contribution in [-0.2, 0) is 16.3 Å². The summed E-state index contributed by atoms with van der Waals surface area (Å²) in [6.07, 6.45) is 1.31. The number of benzene rings is 1. The van der Waals surface area contributed by atoms with Crippen molar-refractivity contribution in [1.29, 1.82) is 0 Å². The molecule has 0 bridgehead atoms. The number of likely N-dealkylation sites (tertiary alicyclic amines) is 1. The van der Waals surface area contributed by atoms with Crippen LogP contribution in [-0.4, -0.2) is 38.1 Å². The average molecular weight is 269 g/mol. The van der Waals surface area contributed by atoms with Gasteiger partial charge in [-0.1, -0.05) is 19.1 Å². The summed E-state index contributed by atoms with van der Waals surface area (Å²) in [6.45, 7) is 4.79. The molecule has 0 unspecified atom stereocenters. The number of hydrogen-bond acceptors (Lipinski definition) is 4. The highest BCUT2D eigenvalue weighted by Gasteiger charge is 2.33. The Labute approximate surface area is 109 Å². The molecule has 1 saturated heterocycles. The molecule has 2 rings (SSSR count). The number of piperidine rings is 1. The molecule has 5 heteroatoms. The molecule has 0 aromatic heterocycles. The molecule has 0 amide bonds. The summed E-state index contributed by atoms with van der Waals surface area (Å²) in [5.41, 5.74) is -0.164.